The molecule has 3 rings (SSSR count). The van der Waals surface area contributed by atoms with E-state index in [2.05, 4.69) is 10.2 Å². The van der Waals surface area contributed by atoms with Crippen LogP contribution in [0, 0.1) is 5.92 Å². The van der Waals surface area contributed by atoms with E-state index in [1.165, 1.54) is 0 Å². The number of methoxy groups -OCH3 is 1. The average Bonchev–Trinajstić information content (AvgIpc) is 3.17. The molecule has 0 bridgehead atoms. The summed E-state index contributed by atoms with van der Waals surface area (Å²) in [5.41, 5.74) is 7.05. The van der Waals surface area contributed by atoms with E-state index >= 15 is 0 Å². The summed E-state index contributed by atoms with van der Waals surface area (Å²) in [6, 6.07) is 5.97. The minimum absolute atomic E-state index is 0. The molecule has 2 aliphatic rings. The monoisotopic (exact) mass is 423 g/mol. The number of nitrogens with zero attached hydrogens (tertiary/aromatic N) is 1. The van der Waals surface area contributed by atoms with E-state index in [4.69, 9.17) is 22.1 Å². The van der Waals surface area contributed by atoms with Crippen molar-refractivity contribution in [2.45, 2.75) is 44.2 Å². The molecule has 0 aromatic heterocycles. The largest absolute Gasteiger partial charge is 0.495 e. The first-order valence-corrected chi connectivity index (χ1v) is 9.08. The van der Waals surface area contributed by atoms with Crippen LogP contribution in [0.2, 0.25) is 5.02 Å². The third-order valence-corrected chi connectivity index (χ3v) is 5.44. The van der Waals surface area contributed by atoms with Crippen molar-refractivity contribution < 1.29 is 9.53 Å². The molecule has 2 fully saturated rings. The fraction of sp³-hybridized carbons (Fsp3) is 0.611. The number of amides is 1. The lowest BCUT2D eigenvalue weighted by atomic mass is 9.99. The Hall–Kier alpha value is -0.880. The molecule has 0 radical (unpaired) electrons. The van der Waals surface area contributed by atoms with Gasteiger partial charge in [-0.2, -0.15) is 0 Å². The molecule has 26 heavy (non-hydrogen) atoms. The molecular formula is C18H28Cl3N3O2. The first-order chi connectivity index (χ1) is 11.6. The molecule has 1 aliphatic carbocycles. The first-order valence-electron chi connectivity index (χ1n) is 8.70. The van der Waals surface area contributed by atoms with Gasteiger partial charge in [-0.15, -0.1) is 24.8 Å². The zero-order chi connectivity index (χ0) is 17.1. The number of carbonyl (C=O) groups excluding carboxylic acids is 1. The molecule has 3 N–H and O–H groups in total. The van der Waals surface area contributed by atoms with Gasteiger partial charge in [0.15, 0.2) is 0 Å². The summed E-state index contributed by atoms with van der Waals surface area (Å²) < 4.78 is 5.43. The summed E-state index contributed by atoms with van der Waals surface area (Å²) in [7, 11) is 1.66. The van der Waals surface area contributed by atoms with Crippen molar-refractivity contribution in [3.63, 3.8) is 0 Å². The molecule has 1 amide bonds. The zero-order valence-corrected chi connectivity index (χ0v) is 17.3. The van der Waals surface area contributed by atoms with Gasteiger partial charge in [0.1, 0.15) is 5.75 Å². The maximum Gasteiger partial charge on any atom is 0.220 e. The standard InChI is InChI=1S/C18H26ClN3O2.2ClH/c1-24-17-6-5-13(19)10-16(17)22-8-7-14(11-22)21-18(23)9-12-3-2-4-15(12)20;;/h5-6,10,12,14-15H,2-4,7-9,11,20H2,1H3,(H,21,23);2*1H/t12-,14?,15+;;/m0../s1. The molecule has 3 atom stereocenters. The first kappa shape index (κ1) is 23.2. The van der Waals surface area contributed by atoms with E-state index in [1.807, 2.05) is 18.2 Å². The van der Waals surface area contributed by atoms with E-state index in [1.54, 1.807) is 7.11 Å². The minimum Gasteiger partial charge on any atom is -0.495 e. The topological polar surface area (TPSA) is 67.6 Å². The number of carbonyl (C=O) groups is 1. The highest BCUT2D eigenvalue weighted by molar-refractivity contribution is 6.30. The summed E-state index contributed by atoms with van der Waals surface area (Å²) in [4.78, 5) is 14.5. The van der Waals surface area contributed by atoms with Crippen LogP contribution in [-0.4, -0.2) is 38.2 Å². The number of nitrogens with one attached hydrogen (secondary N) is 1. The lowest BCUT2D eigenvalue weighted by Gasteiger charge is -2.22. The second-order valence-electron chi connectivity index (χ2n) is 6.87. The molecule has 1 aliphatic heterocycles. The SMILES string of the molecule is COc1ccc(Cl)cc1N1CCC(NC(=O)C[C@@H]2CCC[C@H]2N)C1.Cl.Cl. The second-order valence-corrected chi connectivity index (χ2v) is 7.31. The normalized spacial score (nSPS) is 24.6. The number of nitrogens with two attached hydrogens (primary N) is 1. The van der Waals surface area contributed by atoms with Crippen molar-refractivity contribution in [3.05, 3.63) is 23.2 Å². The Bertz CT molecular complexity index is 603. The molecule has 1 unspecified atom stereocenters. The molecule has 0 spiro atoms. The van der Waals surface area contributed by atoms with Crippen molar-refractivity contribution in [1.29, 1.82) is 0 Å². The Morgan fingerprint density at radius 1 is 1.35 bits per heavy atom. The molecule has 148 valence electrons. The molecule has 1 saturated carbocycles. The Morgan fingerprint density at radius 3 is 2.77 bits per heavy atom. The van der Waals surface area contributed by atoms with E-state index in [-0.39, 0.29) is 42.8 Å². The van der Waals surface area contributed by atoms with Crippen molar-refractivity contribution in [3.8, 4) is 5.75 Å². The molecule has 5 nitrogen and oxygen atoms in total. The van der Waals surface area contributed by atoms with Gasteiger partial charge >= 0.3 is 0 Å². The Labute approximate surface area is 172 Å². The summed E-state index contributed by atoms with van der Waals surface area (Å²) in [6.07, 6.45) is 4.75. The fourth-order valence-corrected chi connectivity index (χ4v) is 4.02. The Balaban J connectivity index is 0.00000169. The van der Waals surface area contributed by atoms with E-state index < -0.39 is 0 Å². The van der Waals surface area contributed by atoms with Crippen LogP contribution in [0.4, 0.5) is 5.69 Å². The van der Waals surface area contributed by atoms with Gasteiger partial charge in [-0.05, 0) is 43.4 Å². The van der Waals surface area contributed by atoms with Crippen LogP contribution in [0.1, 0.15) is 32.1 Å². The zero-order valence-electron chi connectivity index (χ0n) is 14.9. The smallest absolute Gasteiger partial charge is 0.220 e. The Morgan fingerprint density at radius 2 is 2.12 bits per heavy atom. The van der Waals surface area contributed by atoms with Crippen LogP contribution in [0.5, 0.6) is 5.75 Å². The molecular weight excluding hydrogens is 397 g/mol. The van der Waals surface area contributed by atoms with Crippen LogP contribution in [0.25, 0.3) is 0 Å². The van der Waals surface area contributed by atoms with Crippen molar-refractivity contribution in [2.75, 3.05) is 25.1 Å². The predicted octanol–water partition coefficient (Wildman–Crippen LogP) is 3.40. The number of hydrogen-bond donors (Lipinski definition) is 2. The second kappa shape index (κ2) is 10.5. The van der Waals surface area contributed by atoms with Gasteiger partial charge in [-0.25, -0.2) is 0 Å². The van der Waals surface area contributed by atoms with Crippen LogP contribution in [0.15, 0.2) is 18.2 Å². The quantitative estimate of drug-likeness (QED) is 0.760. The molecule has 8 heteroatoms. The number of hydrogen-bond acceptors (Lipinski definition) is 4. The van der Waals surface area contributed by atoms with E-state index in [9.17, 15) is 4.79 Å². The fourth-order valence-electron chi connectivity index (χ4n) is 3.85. The maximum atomic E-state index is 12.3. The maximum absolute atomic E-state index is 12.3. The third kappa shape index (κ3) is 5.56. The van der Waals surface area contributed by atoms with E-state index in [0.29, 0.717) is 17.4 Å². The number of benzene rings is 1. The Kier molecular flexibility index (Phi) is 9.31. The van der Waals surface area contributed by atoms with Gasteiger partial charge in [0.05, 0.1) is 12.8 Å². The molecule has 1 heterocycles. The lowest BCUT2D eigenvalue weighted by Crippen LogP contribution is -2.39. The lowest BCUT2D eigenvalue weighted by molar-refractivity contribution is -0.122. The summed E-state index contributed by atoms with van der Waals surface area (Å²) in [5.74, 6) is 1.28. The summed E-state index contributed by atoms with van der Waals surface area (Å²) >= 11 is 6.12. The van der Waals surface area contributed by atoms with Crippen LogP contribution < -0.4 is 20.7 Å². The number of anilines is 1. The summed E-state index contributed by atoms with van der Waals surface area (Å²) in [5, 5.41) is 3.86. The van der Waals surface area contributed by atoms with Crippen molar-refractivity contribution >= 4 is 48.0 Å². The van der Waals surface area contributed by atoms with Gasteiger partial charge < -0.3 is 20.7 Å². The highest BCUT2D eigenvalue weighted by Gasteiger charge is 2.29. The van der Waals surface area contributed by atoms with Gasteiger partial charge in [0, 0.05) is 36.6 Å². The number of ether oxygens (including phenoxy) is 1. The minimum atomic E-state index is 0. The van der Waals surface area contributed by atoms with Crippen molar-refractivity contribution in [1.82, 2.24) is 5.32 Å². The number of halogens is 3. The predicted molar refractivity (Wildman–Crippen MR) is 111 cm³/mol. The van der Waals surface area contributed by atoms with Crippen LogP contribution >= 0.6 is 36.4 Å². The van der Waals surface area contributed by atoms with Gasteiger partial charge in [-0.3, -0.25) is 4.79 Å². The van der Waals surface area contributed by atoms with Gasteiger partial charge in [0.2, 0.25) is 5.91 Å². The molecule has 1 aromatic carbocycles. The van der Waals surface area contributed by atoms with Gasteiger partial charge in [-0.1, -0.05) is 18.0 Å². The summed E-state index contributed by atoms with van der Waals surface area (Å²) in [6.45, 7) is 1.66. The van der Waals surface area contributed by atoms with Crippen LogP contribution in [-0.2, 0) is 4.79 Å². The third-order valence-electron chi connectivity index (χ3n) is 5.20. The molecule has 1 aromatic rings. The van der Waals surface area contributed by atoms with E-state index in [0.717, 1.165) is 50.2 Å². The molecule has 1 saturated heterocycles. The highest BCUT2D eigenvalue weighted by Crippen LogP contribution is 2.33. The van der Waals surface area contributed by atoms with Crippen molar-refractivity contribution in [2.24, 2.45) is 11.7 Å². The average molecular weight is 425 g/mol. The van der Waals surface area contributed by atoms with Crippen LogP contribution in [0.3, 0.4) is 0 Å². The highest BCUT2D eigenvalue weighted by atomic mass is 35.5. The van der Waals surface area contributed by atoms with Gasteiger partial charge in [0.25, 0.3) is 0 Å². The number of rotatable bonds is 5.